The van der Waals surface area contributed by atoms with Crippen molar-refractivity contribution in [3.63, 3.8) is 0 Å². The lowest BCUT2D eigenvalue weighted by molar-refractivity contribution is -0.385. The molecular weight excluding hydrogens is 358 g/mol. The molecule has 3 aromatic rings. The van der Waals surface area contributed by atoms with Crippen LogP contribution in [-0.2, 0) is 0 Å². The molecule has 1 N–H and O–H groups in total. The molecule has 0 fully saturated rings. The van der Waals surface area contributed by atoms with E-state index in [4.69, 9.17) is 11.6 Å². The fraction of sp³-hybridized carbons (Fsp3) is 0. The number of para-hydroxylation sites is 1. The van der Waals surface area contributed by atoms with Crippen molar-refractivity contribution >= 4 is 51.0 Å². The average molecular weight is 366 g/mol. The Bertz CT molecular complexity index is 891. The van der Waals surface area contributed by atoms with Gasteiger partial charge in [-0.1, -0.05) is 23.7 Å². The number of thiazole rings is 1. The zero-order valence-corrected chi connectivity index (χ0v) is 13.7. The Hall–Kier alpha value is -2.29. The Kier molecular flexibility index (Phi) is 4.37. The number of amides is 1. The number of nitro groups is 1. The van der Waals surface area contributed by atoms with Crippen LogP contribution in [-0.4, -0.2) is 15.8 Å². The van der Waals surface area contributed by atoms with Crippen LogP contribution in [0.5, 0.6) is 0 Å². The molecule has 6 nitrogen and oxygen atoms in total. The molecule has 0 saturated carbocycles. The highest BCUT2D eigenvalue weighted by molar-refractivity contribution is 7.20. The second-order valence-electron chi connectivity index (χ2n) is 4.37. The summed E-state index contributed by atoms with van der Waals surface area (Å²) in [6, 6.07) is 9.39. The van der Waals surface area contributed by atoms with Crippen LogP contribution >= 0.6 is 34.3 Å². The molecule has 1 aromatic carbocycles. The number of rotatable bonds is 4. The van der Waals surface area contributed by atoms with Crippen molar-refractivity contribution in [3.8, 4) is 10.6 Å². The first-order valence-electron chi connectivity index (χ1n) is 6.30. The van der Waals surface area contributed by atoms with Gasteiger partial charge in [0.25, 0.3) is 11.6 Å². The summed E-state index contributed by atoms with van der Waals surface area (Å²) in [5, 5.41) is 15.7. The molecular formula is C14H8ClN3O3S2. The molecule has 0 spiro atoms. The Morgan fingerprint density at radius 3 is 2.74 bits per heavy atom. The van der Waals surface area contributed by atoms with Crippen molar-refractivity contribution in [2.24, 2.45) is 0 Å². The molecule has 2 heterocycles. The van der Waals surface area contributed by atoms with Gasteiger partial charge in [0.2, 0.25) is 0 Å². The first kappa shape index (κ1) is 15.6. The summed E-state index contributed by atoms with van der Waals surface area (Å²) < 4.78 is 0.651. The van der Waals surface area contributed by atoms with E-state index in [1.807, 2.05) is 6.07 Å². The van der Waals surface area contributed by atoms with Crippen molar-refractivity contribution in [2.45, 2.75) is 0 Å². The van der Waals surface area contributed by atoms with Crippen molar-refractivity contribution in [1.82, 2.24) is 4.98 Å². The molecule has 0 saturated heterocycles. The number of hydrogen-bond donors (Lipinski definition) is 1. The van der Waals surface area contributed by atoms with Crippen LogP contribution < -0.4 is 5.32 Å². The fourth-order valence-corrected chi connectivity index (χ4v) is 3.67. The zero-order chi connectivity index (χ0) is 16.4. The van der Waals surface area contributed by atoms with Gasteiger partial charge in [0, 0.05) is 11.4 Å². The Balaban J connectivity index is 1.82. The normalized spacial score (nSPS) is 10.5. The van der Waals surface area contributed by atoms with Gasteiger partial charge in [0.1, 0.15) is 5.56 Å². The lowest BCUT2D eigenvalue weighted by atomic mass is 10.1. The summed E-state index contributed by atoms with van der Waals surface area (Å²) in [5.74, 6) is -0.567. The third-order valence-electron chi connectivity index (χ3n) is 2.90. The zero-order valence-electron chi connectivity index (χ0n) is 11.4. The maximum atomic E-state index is 12.2. The van der Waals surface area contributed by atoms with Crippen LogP contribution in [0.1, 0.15) is 10.4 Å². The molecule has 116 valence electrons. The molecule has 1 amide bonds. The van der Waals surface area contributed by atoms with Crippen LogP contribution in [0.4, 0.5) is 10.8 Å². The molecule has 0 bridgehead atoms. The van der Waals surface area contributed by atoms with Crippen LogP contribution in [0.25, 0.3) is 10.6 Å². The molecule has 2 aromatic heterocycles. The van der Waals surface area contributed by atoms with Gasteiger partial charge in [-0.15, -0.1) is 22.7 Å². The highest BCUT2D eigenvalue weighted by Crippen LogP contribution is 2.33. The number of nitrogens with zero attached hydrogens (tertiary/aromatic N) is 2. The fourth-order valence-electron chi connectivity index (χ4n) is 1.89. The molecule has 23 heavy (non-hydrogen) atoms. The molecule has 0 atom stereocenters. The molecule has 0 aliphatic carbocycles. The Labute approximate surface area is 143 Å². The van der Waals surface area contributed by atoms with Gasteiger partial charge in [-0.05, 0) is 18.2 Å². The van der Waals surface area contributed by atoms with Gasteiger partial charge < -0.3 is 0 Å². The number of nitro benzene ring substituents is 1. The summed E-state index contributed by atoms with van der Waals surface area (Å²) in [5.41, 5.74) is 0.449. The van der Waals surface area contributed by atoms with E-state index >= 15 is 0 Å². The average Bonchev–Trinajstić information content (AvgIpc) is 3.16. The van der Waals surface area contributed by atoms with Gasteiger partial charge in [0.15, 0.2) is 5.13 Å². The first-order valence-corrected chi connectivity index (χ1v) is 8.38. The van der Waals surface area contributed by atoms with E-state index in [-0.39, 0.29) is 11.3 Å². The summed E-state index contributed by atoms with van der Waals surface area (Å²) in [7, 11) is 0. The van der Waals surface area contributed by atoms with Crippen molar-refractivity contribution in [2.75, 3.05) is 5.32 Å². The van der Waals surface area contributed by atoms with E-state index in [9.17, 15) is 14.9 Å². The van der Waals surface area contributed by atoms with Gasteiger partial charge >= 0.3 is 0 Å². The number of benzene rings is 1. The number of carbonyl (C=O) groups excluding carboxylic acids is 1. The third kappa shape index (κ3) is 3.39. The number of thiophene rings is 1. The lowest BCUT2D eigenvalue weighted by Crippen LogP contribution is -2.13. The first-order chi connectivity index (χ1) is 11.0. The summed E-state index contributed by atoms with van der Waals surface area (Å²) in [6.07, 6.45) is 0. The van der Waals surface area contributed by atoms with Gasteiger partial charge in [0.05, 0.1) is 19.8 Å². The minimum atomic E-state index is -0.587. The highest BCUT2D eigenvalue weighted by atomic mass is 35.5. The summed E-state index contributed by atoms with van der Waals surface area (Å²) >= 11 is 8.51. The van der Waals surface area contributed by atoms with Crippen LogP contribution in [0, 0.1) is 10.1 Å². The SMILES string of the molecule is O=C(Nc1nc(-c2ccc(Cl)s2)cs1)c1ccccc1[N+](=O)[O-]. The number of hydrogen-bond acceptors (Lipinski definition) is 6. The third-order valence-corrected chi connectivity index (χ3v) is 4.91. The largest absolute Gasteiger partial charge is 0.298 e. The quantitative estimate of drug-likeness (QED) is 0.537. The number of halogens is 1. The number of anilines is 1. The maximum Gasteiger partial charge on any atom is 0.282 e. The highest BCUT2D eigenvalue weighted by Gasteiger charge is 2.20. The van der Waals surface area contributed by atoms with Crippen molar-refractivity contribution in [1.29, 1.82) is 0 Å². The molecule has 0 radical (unpaired) electrons. The monoisotopic (exact) mass is 365 g/mol. The van der Waals surface area contributed by atoms with E-state index in [0.29, 0.717) is 15.2 Å². The van der Waals surface area contributed by atoms with E-state index < -0.39 is 10.8 Å². The second-order valence-corrected chi connectivity index (χ2v) is 6.94. The number of aromatic nitrogens is 1. The smallest absolute Gasteiger partial charge is 0.282 e. The van der Waals surface area contributed by atoms with Gasteiger partial charge in [-0.25, -0.2) is 4.98 Å². The molecule has 9 heteroatoms. The summed E-state index contributed by atoms with van der Waals surface area (Å²) in [6.45, 7) is 0. The topological polar surface area (TPSA) is 85.1 Å². The molecule has 3 rings (SSSR count). The lowest BCUT2D eigenvalue weighted by Gasteiger charge is -2.02. The second kappa shape index (κ2) is 6.45. The van der Waals surface area contributed by atoms with Crippen molar-refractivity contribution in [3.05, 3.63) is 61.8 Å². The van der Waals surface area contributed by atoms with Crippen molar-refractivity contribution < 1.29 is 9.72 Å². The van der Waals surface area contributed by atoms with Crippen LogP contribution in [0.15, 0.2) is 41.8 Å². The number of nitrogens with one attached hydrogen (secondary N) is 1. The van der Waals surface area contributed by atoms with Crippen LogP contribution in [0.3, 0.4) is 0 Å². The maximum absolute atomic E-state index is 12.2. The standard InChI is InChI=1S/C14H8ClN3O3S2/c15-12-6-5-11(23-12)9-7-22-14(16-9)17-13(19)8-3-1-2-4-10(8)18(20)21/h1-7H,(H,16,17,19). The minimum Gasteiger partial charge on any atom is -0.298 e. The Morgan fingerprint density at radius 1 is 1.26 bits per heavy atom. The molecule has 0 aliphatic heterocycles. The minimum absolute atomic E-state index is 0.00609. The summed E-state index contributed by atoms with van der Waals surface area (Å²) in [4.78, 5) is 27.8. The molecule has 0 unspecified atom stereocenters. The number of carbonyl (C=O) groups is 1. The van der Waals surface area contributed by atoms with Crippen LogP contribution in [0.2, 0.25) is 4.34 Å². The Morgan fingerprint density at radius 2 is 2.04 bits per heavy atom. The van der Waals surface area contributed by atoms with Gasteiger partial charge in [-0.3, -0.25) is 20.2 Å². The predicted octanol–water partition coefficient (Wildman–Crippen LogP) is 4.69. The van der Waals surface area contributed by atoms with E-state index in [1.54, 1.807) is 17.5 Å². The molecule has 0 aliphatic rings. The van der Waals surface area contributed by atoms with E-state index in [2.05, 4.69) is 10.3 Å². The van der Waals surface area contributed by atoms with Gasteiger partial charge in [-0.2, -0.15) is 0 Å². The predicted molar refractivity (Wildman–Crippen MR) is 91.5 cm³/mol. The van der Waals surface area contributed by atoms with E-state index in [0.717, 1.165) is 4.88 Å². The van der Waals surface area contributed by atoms with E-state index in [1.165, 1.54) is 40.9 Å².